The van der Waals surface area contributed by atoms with Gasteiger partial charge in [0.25, 0.3) is 0 Å². The monoisotopic (exact) mass is 452 g/mol. The quantitative estimate of drug-likeness (QED) is 0.262. The maximum Gasteiger partial charge on any atom is 0.138 e. The number of fused-ring (bicyclic) bond motifs is 5. The van der Waals surface area contributed by atoms with E-state index in [0.717, 1.165) is 22.6 Å². The Morgan fingerprint density at radius 2 is 1.29 bits per heavy atom. The summed E-state index contributed by atoms with van der Waals surface area (Å²) in [5, 5.41) is 6.04. The van der Waals surface area contributed by atoms with E-state index in [1.54, 1.807) is 11.3 Å². The fourth-order valence-corrected chi connectivity index (χ4v) is 5.74. The Kier molecular flexibility index (Phi) is 4.36. The van der Waals surface area contributed by atoms with Crippen LogP contribution in [0.5, 0.6) is 0 Å². The predicted octanol–water partition coefficient (Wildman–Crippen LogP) is 8.73. The first-order valence-electron chi connectivity index (χ1n) is 11.4. The molecule has 0 N–H and O–H groups in total. The van der Waals surface area contributed by atoms with E-state index in [1.807, 2.05) is 6.07 Å². The third-order valence-electron chi connectivity index (χ3n) is 6.49. The summed E-state index contributed by atoms with van der Waals surface area (Å²) in [7, 11) is 0. The van der Waals surface area contributed by atoms with Crippen LogP contribution < -0.4 is 0 Å². The van der Waals surface area contributed by atoms with E-state index in [9.17, 15) is 0 Å². The molecule has 34 heavy (non-hydrogen) atoms. The molecule has 0 atom stereocenters. The molecule has 7 rings (SSSR count). The molecule has 4 aromatic carbocycles. The Bertz CT molecular complexity index is 1740. The molecule has 0 unspecified atom stereocenters. The van der Waals surface area contributed by atoms with E-state index >= 15 is 0 Å². The first-order chi connectivity index (χ1) is 16.9. The minimum Gasteiger partial charge on any atom is -0.294 e. The van der Waals surface area contributed by atoms with Crippen molar-refractivity contribution in [3.8, 4) is 28.2 Å². The number of benzene rings is 4. The summed E-state index contributed by atoms with van der Waals surface area (Å²) in [6.45, 7) is 0. The van der Waals surface area contributed by atoms with Crippen molar-refractivity contribution in [3.63, 3.8) is 0 Å². The minimum atomic E-state index is 0.931. The Balaban J connectivity index is 1.59. The maximum absolute atomic E-state index is 5.21. The SMILES string of the molecule is c1ccc(-c2cc(-c3ccccc3)nc(-n3c4ccccc4c4c5ccsc5ccc43)c2)cc1. The summed E-state index contributed by atoms with van der Waals surface area (Å²) in [5.41, 5.74) is 6.79. The molecule has 0 aliphatic rings. The number of pyridine rings is 1. The van der Waals surface area contributed by atoms with Gasteiger partial charge in [-0.15, -0.1) is 11.3 Å². The van der Waals surface area contributed by atoms with E-state index in [-0.39, 0.29) is 0 Å². The molecule has 3 aromatic heterocycles. The summed E-state index contributed by atoms with van der Waals surface area (Å²) in [6, 6.07) is 40.8. The highest BCUT2D eigenvalue weighted by Crippen LogP contribution is 2.39. The molecule has 160 valence electrons. The molecular weight excluding hydrogens is 432 g/mol. The van der Waals surface area contributed by atoms with Gasteiger partial charge in [-0.3, -0.25) is 4.57 Å². The van der Waals surface area contributed by atoms with Crippen LogP contribution in [0.25, 0.3) is 60.1 Å². The van der Waals surface area contributed by atoms with Crippen molar-refractivity contribution in [3.05, 3.63) is 121 Å². The molecule has 0 spiro atoms. The first kappa shape index (κ1) is 19.3. The summed E-state index contributed by atoms with van der Waals surface area (Å²) < 4.78 is 3.63. The molecule has 0 radical (unpaired) electrons. The molecule has 0 bridgehead atoms. The van der Waals surface area contributed by atoms with Crippen LogP contribution in [0.15, 0.2) is 121 Å². The molecular formula is C31H20N2S. The van der Waals surface area contributed by atoms with Crippen molar-refractivity contribution in [2.75, 3.05) is 0 Å². The molecule has 0 saturated heterocycles. The van der Waals surface area contributed by atoms with Crippen molar-refractivity contribution in [2.24, 2.45) is 0 Å². The summed E-state index contributed by atoms with van der Waals surface area (Å²) in [5.74, 6) is 0.931. The zero-order chi connectivity index (χ0) is 22.5. The number of hydrogen-bond acceptors (Lipinski definition) is 2. The molecule has 2 nitrogen and oxygen atoms in total. The highest BCUT2D eigenvalue weighted by Gasteiger charge is 2.17. The lowest BCUT2D eigenvalue weighted by Gasteiger charge is -2.13. The van der Waals surface area contributed by atoms with Crippen LogP contribution >= 0.6 is 11.3 Å². The Morgan fingerprint density at radius 3 is 2.12 bits per heavy atom. The van der Waals surface area contributed by atoms with Crippen LogP contribution in [-0.2, 0) is 0 Å². The van der Waals surface area contributed by atoms with Crippen LogP contribution in [0.2, 0.25) is 0 Å². The van der Waals surface area contributed by atoms with Crippen molar-refractivity contribution >= 4 is 43.2 Å². The Morgan fingerprint density at radius 1 is 0.559 bits per heavy atom. The third-order valence-corrected chi connectivity index (χ3v) is 7.37. The van der Waals surface area contributed by atoms with Gasteiger partial charge in [-0.1, -0.05) is 78.9 Å². The highest BCUT2D eigenvalue weighted by molar-refractivity contribution is 7.17. The molecule has 3 heterocycles. The zero-order valence-electron chi connectivity index (χ0n) is 18.3. The van der Waals surface area contributed by atoms with Crippen LogP contribution in [-0.4, -0.2) is 9.55 Å². The average Bonchev–Trinajstić information content (AvgIpc) is 3.52. The summed E-state index contributed by atoms with van der Waals surface area (Å²) >= 11 is 1.79. The first-order valence-corrected chi connectivity index (χ1v) is 12.3. The number of para-hydroxylation sites is 1. The van der Waals surface area contributed by atoms with E-state index in [1.165, 1.54) is 37.5 Å². The van der Waals surface area contributed by atoms with Gasteiger partial charge < -0.3 is 0 Å². The van der Waals surface area contributed by atoms with Gasteiger partial charge in [0.05, 0.1) is 16.7 Å². The van der Waals surface area contributed by atoms with Crippen LogP contribution in [0.4, 0.5) is 0 Å². The van der Waals surface area contributed by atoms with Gasteiger partial charge in [0.15, 0.2) is 0 Å². The van der Waals surface area contributed by atoms with Gasteiger partial charge in [-0.25, -0.2) is 4.98 Å². The van der Waals surface area contributed by atoms with Crippen LogP contribution in [0.3, 0.4) is 0 Å². The molecule has 0 aliphatic heterocycles. The topological polar surface area (TPSA) is 17.8 Å². The van der Waals surface area contributed by atoms with E-state index in [4.69, 9.17) is 4.98 Å². The van der Waals surface area contributed by atoms with Crippen LogP contribution in [0.1, 0.15) is 0 Å². The Labute approximate surface area is 201 Å². The molecule has 0 aliphatic carbocycles. The molecule has 0 saturated carbocycles. The number of rotatable bonds is 3. The molecule has 3 heteroatoms. The fourth-order valence-electron chi connectivity index (χ4n) is 4.94. The second kappa shape index (κ2) is 7.68. The number of thiophene rings is 1. The van der Waals surface area contributed by atoms with Gasteiger partial charge in [0.1, 0.15) is 5.82 Å². The maximum atomic E-state index is 5.21. The van der Waals surface area contributed by atoms with Crippen molar-refractivity contribution in [2.45, 2.75) is 0 Å². The Hall–Kier alpha value is -4.21. The average molecular weight is 453 g/mol. The second-order valence-corrected chi connectivity index (χ2v) is 9.42. The van der Waals surface area contributed by atoms with Crippen molar-refractivity contribution in [1.29, 1.82) is 0 Å². The largest absolute Gasteiger partial charge is 0.294 e. The third kappa shape index (κ3) is 2.98. The smallest absolute Gasteiger partial charge is 0.138 e. The van der Waals surface area contributed by atoms with Crippen molar-refractivity contribution in [1.82, 2.24) is 9.55 Å². The van der Waals surface area contributed by atoms with Gasteiger partial charge in [0, 0.05) is 26.4 Å². The predicted molar refractivity (Wildman–Crippen MR) is 145 cm³/mol. The fraction of sp³-hybridized carbons (Fsp3) is 0. The van der Waals surface area contributed by atoms with Crippen LogP contribution in [0, 0.1) is 0 Å². The van der Waals surface area contributed by atoms with E-state index in [0.29, 0.717) is 0 Å². The normalized spacial score (nSPS) is 11.5. The minimum absolute atomic E-state index is 0.931. The molecule has 7 aromatic rings. The van der Waals surface area contributed by atoms with E-state index < -0.39 is 0 Å². The zero-order valence-corrected chi connectivity index (χ0v) is 19.2. The molecule has 0 amide bonds. The summed E-state index contributed by atoms with van der Waals surface area (Å²) in [6.07, 6.45) is 0. The van der Waals surface area contributed by atoms with Gasteiger partial charge in [-0.2, -0.15) is 0 Å². The highest BCUT2D eigenvalue weighted by atomic mass is 32.1. The number of nitrogens with zero attached hydrogens (tertiary/aromatic N) is 2. The summed E-state index contributed by atoms with van der Waals surface area (Å²) in [4.78, 5) is 5.21. The standard InChI is InChI=1S/C31H20N2S/c1-3-9-21(10-4-1)23-19-26(22-11-5-2-6-12-22)32-30(20-23)33-27-14-8-7-13-24(27)31-25-17-18-34-29(25)16-15-28(31)33/h1-20H. The number of aromatic nitrogens is 2. The lowest BCUT2D eigenvalue weighted by Crippen LogP contribution is -2.00. The number of hydrogen-bond donors (Lipinski definition) is 0. The van der Waals surface area contributed by atoms with Gasteiger partial charge in [-0.05, 0) is 52.9 Å². The lowest BCUT2D eigenvalue weighted by atomic mass is 10.0. The molecule has 0 fully saturated rings. The van der Waals surface area contributed by atoms with Crippen molar-refractivity contribution < 1.29 is 0 Å². The van der Waals surface area contributed by atoms with Gasteiger partial charge in [0.2, 0.25) is 0 Å². The second-order valence-electron chi connectivity index (χ2n) is 8.48. The lowest BCUT2D eigenvalue weighted by molar-refractivity contribution is 1.08. The van der Waals surface area contributed by atoms with Gasteiger partial charge >= 0.3 is 0 Å². The van der Waals surface area contributed by atoms with E-state index in [2.05, 4.69) is 119 Å².